The van der Waals surface area contributed by atoms with Gasteiger partial charge in [-0.05, 0) is 38.4 Å². The average molecular weight is 319 g/mol. The number of aromatic nitrogens is 3. The number of nitrogens with zero attached hydrogens (tertiary/aromatic N) is 2. The van der Waals surface area contributed by atoms with Crippen molar-refractivity contribution < 1.29 is 24.3 Å². The SMILES string of the molecule is CCOC(=O)c1n[nH]nc1-c1cc(B(O)O)ccc1OC(C)C. The highest BCUT2D eigenvalue weighted by Gasteiger charge is 2.24. The molecule has 3 N–H and O–H groups in total. The molecule has 122 valence electrons. The third-order valence-corrected chi connectivity index (χ3v) is 2.94. The van der Waals surface area contributed by atoms with Gasteiger partial charge in [-0.25, -0.2) is 4.79 Å². The largest absolute Gasteiger partial charge is 0.490 e. The summed E-state index contributed by atoms with van der Waals surface area (Å²) in [6.45, 7) is 5.60. The van der Waals surface area contributed by atoms with Gasteiger partial charge in [0.1, 0.15) is 11.4 Å². The molecular weight excluding hydrogens is 301 g/mol. The third kappa shape index (κ3) is 3.88. The van der Waals surface area contributed by atoms with Gasteiger partial charge in [0.25, 0.3) is 0 Å². The molecule has 2 rings (SSSR count). The first-order chi connectivity index (χ1) is 10.9. The summed E-state index contributed by atoms with van der Waals surface area (Å²) < 4.78 is 10.6. The molecule has 1 aromatic heterocycles. The maximum atomic E-state index is 12.0. The van der Waals surface area contributed by atoms with Crippen LogP contribution in [0.25, 0.3) is 11.3 Å². The highest BCUT2D eigenvalue weighted by atomic mass is 16.5. The minimum atomic E-state index is -1.65. The minimum absolute atomic E-state index is 0.00466. The Morgan fingerprint density at radius 3 is 2.70 bits per heavy atom. The number of ether oxygens (including phenoxy) is 2. The van der Waals surface area contributed by atoms with Crippen LogP contribution in [-0.4, -0.2) is 51.3 Å². The van der Waals surface area contributed by atoms with Gasteiger partial charge < -0.3 is 19.5 Å². The quantitative estimate of drug-likeness (QED) is 0.511. The van der Waals surface area contributed by atoms with E-state index in [4.69, 9.17) is 9.47 Å². The van der Waals surface area contributed by atoms with Crippen LogP contribution in [0, 0.1) is 0 Å². The Morgan fingerprint density at radius 2 is 2.09 bits per heavy atom. The molecule has 0 atom stereocenters. The summed E-state index contributed by atoms with van der Waals surface area (Å²) in [6, 6.07) is 4.60. The summed E-state index contributed by atoms with van der Waals surface area (Å²) >= 11 is 0. The van der Waals surface area contributed by atoms with Crippen LogP contribution in [-0.2, 0) is 4.74 Å². The van der Waals surface area contributed by atoms with Gasteiger partial charge in [0.15, 0.2) is 5.69 Å². The van der Waals surface area contributed by atoms with Crippen molar-refractivity contribution in [2.24, 2.45) is 0 Å². The Morgan fingerprint density at radius 1 is 1.35 bits per heavy atom. The molecule has 0 aliphatic heterocycles. The molecule has 0 aliphatic carbocycles. The number of nitrogens with one attached hydrogen (secondary N) is 1. The van der Waals surface area contributed by atoms with Crippen LogP contribution >= 0.6 is 0 Å². The van der Waals surface area contributed by atoms with E-state index in [1.807, 2.05) is 13.8 Å². The van der Waals surface area contributed by atoms with Crippen molar-refractivity contribution >= 4 is 18.6 Å². The Kier molecular flexibility index (Phi) is 5.35. The van der Waals surface area contributed by atoms with Gasteiger partial charge in [-0.2, -0.15) is 10.3 Å². The normalized spacial score (nSPS) is 10.7. The first-order valence-electron chi connectivity index (χ1n) is 7.19. The molecule has 0 spiro atoms. The smallest absolute Gasteiger partial charge is 0.488 e. The lowest BCUT2D eigenvalue weighted by atomic mass is 9.79. The van der Waals surface area contributed by atoms with Gasteiger partial charge in [-0.3, -0.25) is 0 Å². The molecule has 0 aliphatic rings. The maximum Gasteiger partial charge on any atom is 0.488 e. The number of esters is 1. The van der Waals surface area contributed by atoms with Crippen molar-refractivity contribution in [3.05, 3.63) is 23.9 Å². The molecule has 0 amide bonds. The van der Waals surface area contributed by atoms with Gasteiger partial charge in [0.05, 0.1) is 12.7 Å². The molecule has 8 nitrogen and oxygen atoms in total. The van der Waals surface area contributed by atoms with Crippen LogP contribution in [0.1, 0.15) is 31.3 Å². The van der Waals surface area contributed by atoms with E-state index in [-0.39, 0.29) is 29.6 Å². The van der Waals surface area contributed by atoms with Crippen LogP contribution < -0.4 is 10.2 Å². The minimum Gasteiger partial charge on any atom is -0.490 e. The molecule has 1 aromatic carbocycles. The highest BCUT2D eigenvalue weighted by Crippen LogP contribution is 2.30. The molecule has 0 fully saturated rings. The van der Waals surface area contributed by atoms with Gasteiger partial charge >= 0.3 is 13.1 Å². The summed E-state index contributed by atoms with van der Waals surface area (Å²) in [5, 5.41) is 28.9. The van der Waals surface area contributed by atoms with Crippen molar-refractivity contribution in [3.63, 3.8) is 0 Å². The first kappa shape index (κ1) is 17.0. The number of benzene rings is 1. The summed E-state index contributed by atoms with van der Waals surface area (Å²) in [4.78, 5) is 12.0. The van der Waals surface area contributed by atoms with E-state index in [2.05, 4.69) is 15.4 Å². The molecule has 9 heteroatoms. The lowest BCUT2D eigenvalue weighted by Crippen LogP contribution is -2.30. The molecule has 0 bridgehead atoms. The number of rotatable bonds is 6. The van der Waals surface area contributed by atoms with Crippen LogP contribution in [0.2, 0.25) is 0 Å². The van der Waals surface area contributed by atoms with Crippen molar-refractivity contribution in [2.45, 2.75) is 26.9 Å². The number of hydrogen-bond donors (Lipinski definition) is 3. The van der Waals surface area contributed by atoms with Crippen LogP contribution in [0.5, 0.6) is 5.75 Å². The van der Waals surface area contributed by atoms with E-state index in [1.54, 1.807) is 13.0 Å². The summed E-state index contributed by atoms with van der Waals surface area (Å²) in [7, 11) is -1.65. The number of carbonyl (C=O) groups excluding carboxylic acids is 1. The number of H-pyrrole nitrogens is 1. The second-order valence-electron chi connectivity index (χ2n) is 5.04. The lowest BCUT2D eigenvalue weighted by Gasteiger charge is -2.14. The summed E-state index contributed by atoms with van der Waals surface area (Å²) in [5.41, 5.74) is 0.890. The molecule has 2 aromatic rings. The predicted molar refractivity (Wildman–Crippen MR) is 83.4 cm³/mol. The zero-order chi connectivity index (χ0) is 17.0. The van der Waals surface area contributed by atoms with Crippen LogP contribution in [0.3, 0.4) is 0 Å². The van der Waals surface area contributed by atoms with Gasteiger partial charge in [0, 0.05) is 5.56 Å². The lowest BCUT2D eigenvalue weighted by molar-refractivity contribution is 0.0520. The molecule has 0 saturated heterocycles. The summed E-state index contributed by atoms with van der Waals surface area (Å²) in [5.74, 6) is -0.175. The topological polar surface area (TPSA) is 118 Å². The van der Waals surface area contributed by atoms with Crippen LogP contribution in [0.4, 0.5) is 0 Å². The summed E-state index contributed by atoms with van der Waals surface area (Å²) in [6.07, 6.45) is -0.114. The first-order valence-corrected chi connectivity index (χ1v) is 7.19. The zero-order valence-electron chi connectivity index (χ0n) is 13.1. The Bertz CT molecular complexity index is 687. The molecule has 1 heterocycles. The van der Waals surface area contributed by atoms with Gasteiger partial charge in [-0.15, -0.1) is 5.10 Å². The van der Waals surface area contributed by atoms with E-state index in [1.165, 1.54) is 12.1 Å². The van der Waals surface area contributed by atoms with Crippen molar-refractivity contribution in [3.8, 4) is 17.0 Å². The third-order valence-electron chi connectivity index (χ3n) is 2.94. The number of hydrogen-bond acceptors (Lipinski definition) is 7. The average Bonchev–Trinajstić information content (AvgIpc) is 2.96. The second-order valence-corrected chi connectivity index (χ2v) is 5.04. The Labute approximate surface area is 133 Å². The molecule has 23 heavy (non-hydrogen) atoms. The van der Waals surface area contributed by atoms with Crippen molar-refractivity contribution in [2.75, 3.05) is 6.61 Å². The maximum absolute atomic E-state index is 12.0. The number of aromatic amines is 1. The Hall–Kier alpha value is -2.39. The monoisotopic (exact) mass is 319 g/mol. The van der Waals surface area contributed by atoms with E-state index < -0.39 is 13.1 Å². The molecular formula is C14H18BN3O5. The number of carbonyl (C=O) groups is 1. The van der Waals surface area contributed by atoms with E-state index >= 15 is 0 Å². The molecule has 0 unspecified atom stereocenters. The van der Waals surface area contributed by atoms with Crippen LogP contribution in [0.15, 0.2) is 18.2 Å². The van der Waals surface area contributed by atoms with Crippen molar-refractivity contribution in [1.29, 1.82) is 0 Å². The second kappa shape index (κ2) is 7.25. The highest BCUT2D eigenvalue weighted by molar-refractivity contribution is 6.58. The van der Waals surface area contributed by atoms with E-state index in [0.29, 0.717) is 11.3 Å². The van der Waals surface area contributed by atoms with Gasteiger partial charge in [0.2, 0.25) is 0 Å². The van der Waals surface area contributed by atoms with E-state index in [0.717, 1.165) is 0 Å². The molecule has 0 radical (unpaired) electrons. The van der Waals surface area contributed by atoms with E-state index in [9.17, 15) is 14.8 Å². The standard InChI is InChI=1S/C14H18BN3O5/c1-4-22-14(19)13-12(16-18-17-13)10-7-9(15(20)21)5-6-11(10)23-8(2)3/h5-8,20-21H,4H2,1-3H3,(H,16,17,18). The fraction of sp³-hybridized carbons (Fsp3) is 0.357. The molecule has 0 saturated carbocycles. The fourth-order valence-corrected chi connectivity index (χ4v) is 2.01. The van der Waals surface area contributed by atoms with Gasteiger partial charge in [-0.1, -0.05) is 6.07 Å². The zero-order valence-corrected chi connectivity index (χ0v) is 13.1. The fourth-order valence-electron chi connectivity index (χ4n) is 2.01. The Balaban J connectivity index is 2.54. The predicted octanol–water partition coefficient (Wildman–Crippen LogP) is 0.115. The van der Waals surface area contributed by atoms with Crippen molar-refractivity contribution in [1.82, 2.24) is 15.4 Å².